The first-order valence-electron chi connectivity index (χ1n) is 6.62. The molecule has 0 saturated carbocycles. The van der Waals surface area contributed by atoms with Crippen molar-refractivity contribution in [3.05, 3.63) is 24.0 Å². The van der Waals surface area contributed by atoms with E-state index in [9.17, 15) is 4.79 Å². The zero-order valence-electron chi connectivity index (χ0n) is 12.1. The summed E-state index contributed by atoms with van der Waals surface area (Å²) in [6, 6.07) is 6.32. The number of aryl methyl sites for hydroxylation is 2. The average molecular weight is 259 g/mol. The van der Waals surface area contributed by atoms with Crippen LogP contribution in [0.15, 0.2) is 18.2 Å². The fourth-order valence-corrected chi connectivity index (χ4v) is 2.24. The summed E-state index contributed by atoms with van der Waals surface area (Å²) >= 11 is 0. The molecule has 0 saturated heterocycles. The summed E-state index contributed by atoms with van der Waals surface area (Å²) in [5.74, 6) is 1.27. The predicted molar refractivity (Wildman–Crippen MR) is 78.6 cm³/mol. The Bertz CT molecular complexity index is 601. The second kappa shape index (κ2) is 5.43. The van der Waals surface area contributed by atoms with Crippen LogP contribution in [0.3, 0.4) is 0 Å². The van der Waals surface area contributed by atoms with Crippen molar-refractivity contribution in [3.63, 3.8) is 0 Å². The van der Waals surface area contributed by atoms with E-state index in [1.807, 2.05) is 14.0 Å². The van der Waals surface area contributed by atoms with Gasteiger partial charge in [0.05, 0.1) is 11.0 Å². The maximum atomic E-state index is 10.9. The molecule has 1 aromatic carbocycles. The number of fused-ring (bicyclic) bond motifs is 1. The second-order valence-corrected chi connectivity index (χ2v) is 5.12. The van der Waals surface area contributed by atoms with Crippen LogP contribution in [0.2, 0.25) is 0 Å². The molecule has 0 aliphatic heterocycles. The first-order valence-corrected chi connectivity index (χ1v) is 6.62. The summed E-state index contributed by atoms with van der Waals surface area (Å²) in [5, 5.41) is 0. The summed E-state index contributed by atoms with van der Waals surface area (Å²) < 4.78 is 2.09. The van der Waals surface area contributed by atoms with Crippen molar-refractivity contribution in [2.75, 3.05) is 18.5 Å². The van der Waals surface area contributed by atoms with Gasteiger partial charge in [-0.25, -0.2) is 4.98 Å². The zero-order chi connectivity index (χ0) is 14.0. The molecule has 0 radical (unpaired) electrons. The number of ketones is 1. The van der Waals surface area contributed by atoms with Gasteiger partial charge < -0.3 is 14.3 Å². The van der Waals surface area contributed by atoms with Crippen molar-refractivity contribution in [1.29, 1.82) is 0 Å². The molecule has 0 bridgehead atoms. The third-order valence-corrected chi connectivity index (χ3v) is 3.55. The highest BCUT2D eigenvalue weighted by Gasteiger charge is 2.07. The van der Waals surface area contributed by atoms with Gasteiger partial charge in [-0.1, -0.05) is 0 Å². The fourth-order valence-electron chi connectivity index (χ4n) is 2.24. The summed E-state index contributed by atoms with van der Waals surface area (Å²) in [6.45, 7) is 4.54. The Morgan fingerprint density at radius 1 is 1.42 bits per heavy atom. The Kier molecular flexibility index (Phi) is 3.88. The number of carbonyl (C=O) groups excluding carboxylic acids is 1. The number of benzene rings is 1. The van der Waals surface area contributed by atoms with Crippen LogP contribution in [0.5, 0.6) is 0 Å². The monoisotopic (exact) mass is 259 g/mol. The molecular formula is C15H21N3O. The van der Waals surface area contributed by atoms with E-state index in [4.69, 9.17) is 0 Å². The molecule has 102 valence electrons. The minimum absolute atomic E-state index is 0.254. The molecule has 2 aromatic rings. The molecule has 4 nitrogen and oxygen atoms in total. The average Bonchev–Trinajstić information content (AvgIpc) is 2.64. The molecule has 4 heteroatoms. The molecule has 0 aliphatic rings. The lowest BCUT2D eigenvalue weighted by Crippen LogP contribution is -2.18. The highest BCUT2D eigenvalue weighted by Crippen LogP contribution is 2.21. The number of anilines is 1. The van der Waals surface area contributed by atoms with Gasteiger partial charge in [-0.2, -0.15) is 0 Å². The van der Waals surface area contributed by atoms with Crippen LogP contribution in [-0.2, 0) is 11.8 Å². The van der Waals surface area contributed by atoms with Crippen LogP contribution >= 0.6 is 0 Å². The molecule has 0 spiro atoms. The van der Waals surface area contributed by atoms with E-state index in [1.165, 1.54) is 0 Å². The molecule has 0 amide bonds. The second-order valence-electron chi connectivity index (χ2n) is 5.12. The number of Topliss-reactive ketones (excluding diaryl/α,β-unsaturated/α-hetero) is 1. The Morgan fingerprint density at radius 2 is 2.16 bits per heavy atom. The number of aromatic nitrogens is 2. The quantitative estimate of drug-likeness (QED) is 0.828. The van der Waals surface area contributed by atoms with Gasteiger partial charge in [-0.15, -0.1) is 0 Å². The number of hydrogen-bond acceptors (Lipinski definition) is 3. The number of rotatable bonds is 5. The lowest BCUT2D eigenvalue weighted by Gasteiger charge is -2.18. The molecule has 0 unspecified atom stereocenters. The van der Waals surface area contributed by atoms with Crippen LogP contribution in [0, 0.1) is 6.92 Å². The summed E-state index contributed by atoms with van der Waals surface area (Å²) in [5.41, 5.74) is 3.32. The van der Waals surface area contributed by atoms with E-state index in [2.05, 4.69) is 39.7 Å². The third-order valence-electron chi connectivity index (χ3n) is 3.55. The van der Waals surface area contributed by atoms with Gasteiger partial charge in [0.2, 0.25) is 0 Å². The van der Waals surface area contributed by atoms with Crippen molar-refractivity contribution in [3.8, 4) is 0 Å². The minimum Gasteiger partial charge on any atom is -0.375 e. The van der Waals surface area contributed by atoms with Crippen LogP contribution < -0.4 is 4.90 Å². The predicted octanol–water partition coefficient (Wildman–Crippen LogP) is 2.69. The Labute approximate surface area is 114 Å². The van der Waals surface area contributed by atoms with Gasteiger partial charge in [0, 0.05) is 32.7 Å². The zero-order valence-corrected chi connectivity index (χ0v) is 12.1. The van der Waals surface area contributed by atoms with E-state index < -0.39 is 0 Å². The minimum atomic E-state index is 0.254. The molecule has 2 rings (SSSR count). The third kappa shape index (κ3) is 2.95. The highest BCUT2D eigenvalue weighted by atomic mass is 16.1. The topological polar surface area (TPSA) is 38.1 Å². The van der Waals surface area contributed by atoms with Gasteiger partial charge in [-0.3, -0.25) is 0 Å². The lowest BCUT2D eigenvalue weighted by atomic mass is 10.2. The van der Waals surface area contributed by atoms with Gasteiger partial charge in [0.15, 0.2) is 0 Å². The first-order chi connectivity index (χ1) is 8.99. The number of imidazole rings is 1. The first kappa shape index (κ1) is 13.6. The van der Waals surface area contributed by atoms with E-state index in [-0.39, 0.29) is 5.78 Å². The summed E-state index contributed by atoms with van der Waals surface area (Å²) in [6.07, 6.45) is 1.54. The largest absolute Gasteiger partial charge is 0.375 e. The highest BCUT2D eigenvalue weighted by molar-refractivity contribution is 5.80. The number of carbonyl (C=O) groups is 1. The maximum Gasteiger partial charge on any atom is 0.129 e. The van der Waals surface area contributed by atoms with E-state index in [0.29, 0.717) is 6.42 Å². The van der Waals surface area contributed by atoms with E-state index >= 15 is 0 Å². The van der Waals surface area contributed by atoms with E-state index in [1.54, 1.807) is 6.92 Å². The Hall–Kier alpha value is -1.84. The smallest absolute Gasteiger partial charge is 0.129 e. The van der Waals surface area contributed by atoms with Gasteiger partial charge >= 0.3 is 0 Å². The van der Waals surface area contributed by atoms with Crippen LogP contribution in [-0.4, -0.2) is 28.9 Å². The van der Waals surface area contributed by atoms with Crippen molar-refractivity contribution in [1.82, 2.24) is 9.55 Å². The van der Waals surface area contributed by atoms with Crippen molar-refractivity contribution >= 4 is 22.5 Å². The van der Waals surface area contributed by atoms with Gasteiger partial charge in [0.25, 0.3) is 0 Å². The summed E-state index contributed by atoms with van der Waals surface area (Å²) in [7, 11) is 4.08. The molecule has 0 aliphatic carbocycles. The van der Waals surface area contributed by atoms with Gasteiger partial charge in [0.1, 0.15) is 11.6 Å². The lowest BCUT2D eigenvalue weighted by molar-refractivity contribution is -0.117. The standard InChI is InChI=1S/C15H21N3O/c1-11(19)6-5-9-17(3)13-7-8-15-14(10-13)16-12(2)18(15)4/h7-8,10H,5-6,9H2,1-4H3. The van der Waals surface area contributed by atoms with E-state index in [0.717, 1.165) is 35.5 Å². The van der Waals surface area contributed by atoms with Crippen LogP contribution in [0.25, 0.3) is 11.0 Å². The Morgan fingerprint density at radius 3 is 2.84 bits per heavy atom. The Balaban J connectivity index is 2.14. The van der Waals surface area contributed by atoms with Gasteiger partial charge in [-0.05, 0) is 38.5 Å². The van der Waals surface area contributed by atoms with Crippen molar-refractivity contribution in [2.45, 2.75) is 26.7 Å². The number of nitrogens with zero attached hydrogens (tertiary/aromatic N) is 3. The molecule has 0 atom stereocenters. The maximum absolute atomic E-state index is 10.9. The number of hydrogen-bond donors (Lipinski definition) is 0. The molecule has 19 heavy (non-hydrogen) atoms. The fraction of sp³-hybridized carbons (Fsp3) is 0.467. The van der Waals surface area contributed by atoms with Crippen molar-refractivity contribution in [2.24, 2.45) is 7.05 Å². The SMILES string of the molecule is CC(=O)CCCN(C)c1ccc2c(c1)nc(C)n2C. The molecule has 1 heterocycles. The molecular weight excluding hydrogens is 238 g/mol. The van der Waals surface area contributed by atoms with Crippen molar-refractivity contribution < 1.29 is 4.79 Å². The summed E-state index contributed by atoms with van der Waals surface area (Å²) in [4.78, 5) is 17.7. The molecule has 0 N–H and O–H groups in total. The molecule has 0 fully saturated rings. The van der Waals surface area contributed by atoms with Crippen LogP contribution in [0.4, 0.5) is 5.69 Å². The normalized spacial score (nSPS) is 10.9. The molecule has 1 aromatic heterocycles. The van der Waals surface area contributed by atoms with Crippen LogP contribution in [0.1, 0.15) is 25.6 Å².